The predicted octanol–water partition coefficient (Wildman–Crippen LogP) is 1.94. The molecule has 1 amide bonds. The Morgan fingerprint density at radius 2 is 1.96 bits per heavy atom. The van der Waals surface area contributed by atoms with E-state index in [-0.39, 0.29) is 23.7 Å². The lowest BCUT2D eigenvalue weighted by atomic mass is 9.79. The Kier molecular flexibility index (Phi) is 4.77. The van der Waals surface area contributed by atoms with E-state index in [4.69, 9.17) is 0 Å². The summed E-state index contributed by atoms with van der Waals surface area (Å²) in [5.41, 5.74) is 1.05. The standard InChI is InChI=1S/C20H22N6O2/c1-13(27)14-5-3-6-15(9-14)20(28)22-17-10-16(11-17)19-24-23-18(25(19)2)12-26-8-4-7-21-26/h3-9,16-17H,10-12H2,1-2H3,(H,22,28). The summed E-state index contributed by atoms with van der Waals surface area (Å²) < 4.78 is 3.83. The quantitative estimate of drug-likeness (QED) is 0.662. The van der Waals surface area contributed by atoms with Gasteiger partial charge in [-0.2, -0.15) is 5.10 Å². The Morgan fingerprint density at radius 3 is 2.68 bits per heavy atom. The summed E-state index contributed by atoms with van der Waals surface area (Å²) in [6, 6.07) is 8.79. The maximum Gasteiger partial charge on any atom is 0.251 e. The van der Waals surface area contributed by atoms with Crippen molar-refractivity contribution in [3.63, 3.8) is 0 Å². The zero-order chi connectivity index (χ0) is 19.7. The third-order valence-corrected chi connectivity index (χ3v) is 5.23. The number of hydrogen-bond donors (Lipinski definition) is 1. The second kappa shape index (κ2) is 7.38. The van der Waals surface area contributed by atoms with Gasteiger partial charge in [-0.3, -0.25) is 14.3 Å². The van der Waals surface area contributed by atoms with Crippen molar-refractivity contribution in [1.82, 2.24) is 29.9 Å². The average Bonchev–Trinajstić information content (AvgIpc) is 3.29. The first kappa shape index (κ1) is 18.1. The van der Waals surface area contributed by atoms with Crippen LogP contribution in [0.2, 0.25) is 0 Å². The number of hydrogen-bond acceptors (Lipinski definition) is 5. The Bertz CT molecular complexity index is 1000. The fourth-order valence-corrected chi connectivity index (χ4v) is 3.50. The minimum Gasteiger partial charge on any atom is -0.349 e. The van der Waals surface area contributed by atoms with Gasteiger partial charge in [0.2, 0.25) is 0 Å². The molecular weight excluding hydrogens is 356 g/mol. The summed E-state index contributed by atoms with van der Waals surface area (Å²) in [4.78, 5) is 23.9. The van der Waals surface area contributed by atoms with E-state index in [1.54, 1.807) is 30.5 Å². The molecule has 28 heavy (non-hydrogen) atoms. The number of carbonyl (C=O) groups is 2. The smallest absolute Gasteiger partial charge is 0.251 e. The predicted molar refractivity (Wildman–Crippen MR) is 102 cm³/mol. The minimum atomic E-state index is -0.149. The van der Waals surface area contributed by atoms with Crippen LogP contribution in [0, 0.1) is 0 Å². The molecule has 1 N–H and O–H groups in total. The van der Waals surface area contributed by atoms with Crippen LogP contribution in [0.3, 0.4) is 0 Å². The van der Waals surface area contributed by atoms with Crippen molar-refractivity contribution in [3.8, 4) is 0 Å². The van der Waals surface area contributed by atoms with Crippen LogP contribution in [0.5, 0.6) is 0 Å². The highest BCUT2D eigenvalue weighted by molar-refractivity contribution is 5.99. The van der Waals surface area contributed by atoms with Gasteiger partial charge in [-0.1, -0.05) is 12.1 Å². The van der Waals surface area contributed by atoms with Crippen LogP contribution < -0.4 is 5.32 Å². The fraction of sp³-hybridized carbons (Fsp3) is 0.350. The first-order chi connectivity index (χ1) is 13.5. The second-order valence-corrected chi connectivity index (χ2v) is 7.21. The maximum absolute atomic E-state index is 12.4. The van der Waals surface area contributed by atoms with Gasteiger partial charge in [0.1, 0.15) is 12.4 Å². The molecular formula is C20H22N6O2. The van der Waals surface area contributed by atoms with E-state index in [2.05, 4.69) is 20.6 Å². The van der Waals surface area contributed by atoms with Crippen molar-refractivity contribution in [3.05, 3.63) is 65.5 Å². The number of nitrogens with one attached hydrogen (secondary N) is 1. The molecule has 0 bridgehead atoms. The zero-order valence-corrected chi connectivity index (χ0v) is 15.9. The molecule has 0 saturated heterocycles. The van der Waals surface area contributed by atoms with Gasteiger partial charge in [0.15, 0.2) is 11.6 Å². The first-order valence-electron chi connectivity index (χ1n) is 9.28. The number of aromatic nitrogens is 5. The molecule has 3 aromatic rings. The summed E-state index contributed by atoms with van der Waals surface area (Å²) in [7, 11) is 1.97. The van der Waals surface area contributed by atoms with Gasteiger partial charge in [-0.05, 0) is 38.0 Å². The lowest BCUT2D eigenvalue weighted by Crippen LogP contribution is -2.44. The average molecular weight is 378 g/mol. The van der Waals surface area contributed by atoms with Crippen LogP contribution in [0.15, 0.2) is 42.7 Å². The molecule has 0 atom stereocenters. The lowest BCUT2D eigenvalue weighted by Gasteiger charge is -2.35. The molecule has 2 heterocycles. The number of ketones is 1. The molecule has 8 nitrogen and oxygen atoms in total. The Hall–Kier alpha value is -3.29. The number of nitrogens with zero attached hydrogens (tertiary/aromatic N) is 5. The molecule has 0 radical (unpaired) electrons. The van der Waals surface area contributed by atoms with E-state index in [0.717, 1.165) is 24.5 Å². The second-order valence-electron chi connectivity index (χ2n) is 7.21. The lowest BCUT2D eigenvalue weighted by molar-refractivity contribution is 0.0907. The molecule has 0 spiro atoms. The van der Waals surface area contributed by atoms with Crippen LogP contribution in [0.25, 0.3) is 0 Å². The van der Waals surface area contributed by atoms with E-state index in [1.807, 2.05) is 28.6 Å². The number of benzene rings is 1. The summed E-state index contributed by atoms with van der Waals surface area (Å²) in [5.74, 6) is 1.87. The van der Waals surface area contributed by atoms with Gasteiger partial charge < -0.3 is 9.88 Å². The molecule has 0 aliphatic heterocycles. The molecule has 1 aliphatic rings. The van der Waals surface area contributed by atoms with Gasteiger partial charge in [0.05, 0.1) is 0 Å². The highest BCUT2D eigenvalue weighted by atomic mass is 16.1. The zero-order valence-electron chi connectivity index (χ0n) is 15.9. The number of amides is 1. The van der Waals surface area contributed by atoms with Crippen molar-refractivity contribution >= 4 is 11.7 Å². The Labute approximate surface area is 162 Å². The van der Waals surface area contributed by atoms with E-state index >= 15 is 0 Å². The van der Waals surface area contributed by atoms with E-state index in [9.17, 15) is 9.59 Å². The monoisotopic (exact) mass is 378 g/mol. The van der Waals surface area contributed by atoms with Crippen LogP contribution in [-0.2, 0) is 13.6 Å². The molecule has 1 aliphatic carbocycles. The van der Waals surface area contributed by atoms with Crippen molar-refractivity contribution in [2.75, 3.05) is 0 Å². The highest BCUT2D eigenvalue weighted by Crippen LogP contribution is 2.36. The summed E-state index contributed by atoms with van der Waals surface area (Å²) in [6.45, 7) is 2.07. The number of rotatable bonds is 6. The van der Waals surface area contributed by atoms with E-state index in [0.29, 0.717) is 17.7 Å². The van der Waals surface area contributed by atoms with Gasteiger partial charge in [-0.25, -0.2) is 0 Å². The summed E-state index contributed by atoms with van der Waals surface area (Å²) in [5, 5.41) is 15.9. The van der Waals surface area contributed by atoms with Gasteiger partial charge in [0, 0.05) is 42.5 Å². The fourth-order valence-electron chi connectivity index (χ4n) is 3.50. The summed E-state index contributed by atoms with van der Waals surface area (Å²) >= 11 is 0. The molecule has 8 heteroatoms. The van der Waals surface area contributed by atoms with Crippen LogP contribution in [-0.4, -0.2) is 42.3 Å². The normalized spacial score (nSPS) is 18.5. The molecule has 144 valence electrons. The minimum absolute atomic E-state index is 0.0495. The van der Waals surface area contributed by atoms with Crippen molar-refractivity contribution in [2.45, 2.75) is 38.3 Å². The molecule has 4 rings (SSSR count). The molecule has 1 aromatic carbocycles. The van der Waals surface area contributed by atoms with Gasteiger partial charge >= 0.3 is 0 Å². The largest absolute Gasteiger partial charge is 0.349 e. The summed E-state index contributed by atoms with van der Waals surface area (Å²) in [6.07, 6.45) is 5.28. The third kappa shape index (κ3) is 3.58. The highest BCUT2D eigenvalue weighted by Gasteiger charge is 2.35. The van der Waals surface area contributed by atoms with Crippen molar-refractivity contribution in [1.29, 1.82) is 0 Å². The Morgan fingerprint density at radius 1 is 1.18 bits per heavy atom. The molecule has 0 unspecified atom stereocenters. The SMILES string of the molecule is CC(=O)c1cccc(C(=O)NC2CC(c3nnc(Cn4cccn4)n3C)C2)c1. The Balaban J connectivity index is 1.35. The van der Waals surface area contributed by atoms with E-state index in [1.165, 1.54) is 6.92 Å². The van der Waals surface area contributed by atoms with Crippen LogP contribution in [0.4, 0.5) is 0 Å². The maximum atomic E-state index is 12.4. The van der Waals surface area contributed by atoms with Gasteiger partial charge in [0.25, 0.3) is 5.91 Å². The molecule has 1 saturated carbocycles. The van der Waals surface area contributed by atoms with Crippen molar-refractivity contribution in [2.24, 2.45) is 7.05 Å². The first-order valence-corrected chi connectivity index (χ1v) is 9.28. The number of carbonyl (C=O) groups excluding carboxylic acids is 2. The van der Waals surface area contributed by atoms with Crippen LogP contribution >= 0.6 is 0 Å². The van der Waals surface area contributed by atoms with E-state index < -0.39 is 0 Å². The number of Topliss-reactive ketones (excluding diaryl/α,β-unsaturated/α-hetero) is 1. The van der Waals surface area contributed by atoms with Gasteiger partial charge in [-0.15, -0.1) is 10.2 Å². The van der Waals surface area contributed by atoms with Crippen LogP contribution in [0.1, 0.15) is 58.0 Å². The van der Waals surface area contributed by atoms with Crippen molar-refractivity contribution < 1.29 is 9.59 Å². The molecule has 2 aromatic heterocycles. The topological polar surface area (TPSA) is 94.7 Å². The molecule has 1 fully saturated rings. The third-order valence-electron chi connectivity index (χ3n) is 5.23.